The Hall–Kier alpha value is -0.550. The normalized spacial score (nSPS) is 21.2. The van der Waals surface area contributed by atoms with E-state index in [-0.39, 0.29) is 12.1 Å². The Morgan fingerprint density at radius 2 is 1.70 bits per heavy atom. The molecule has 1 unspecified atom stereocenters. The van der Waals surface area contributed by atoms with Crippen molar-refractivity contribution in [2.45, 2.75) is 18.6 Å². The van der Waals surface area contributed by atoms with E-state index in [0.717, 1.165) is 25.8 Å². The van der Waals surface area contributed by atoms with Crippen LogP contribution in [0, 0.1) is 0 Å². The molecule has 2 N–H and O–H groups in total. The maximum Gasteiger partial charge on any atom is 0.127 e. The summed E-state index contributed by atoms with van der Waals surface area (Å²) in [6, 6.07) is 11.6. The minimum atomic E-state index is -0.122. The minimum Gasteiger partial charge on any atom is -0.485 e. The molecule has 2 aromatic rings. The quantitative estimate of drug-likeness (QED) is 0.675. The van der Waals surface area contributed by atoms with Gasteiger partial charge in [-0.1, -0.05) is 43.5 Å². The predicted molar refractivity (Wildman–Crippen MR) is 88.2 cm³/mol. The Bertz CT molecular complexity index is 662. The first-order valence-electron chi connectivity index (χ1n) is 6.21. The second-order valence-electron chi connectivity index (χ2n) is 4.80. The molecule has 1 aliphatic rings. The van der Waals surface area contributed by atoms with Gasteiger partial charge >= 0.3 is 0 Å². The summed E-state index contributed by atoms with van der Waals surface area (Å²) in [5, 5.41) is 0.700. The first-order chi connectivity index (χ1) is 9.54. The van der Waals surface area contributed by atoms with Gasteiger partial charge in [0.05, 0.1) is 0 Å². The Morgan fingerprint density at radius 1 is 1.05 bits per heavy atom. The SMILES string of the molecule is N[C@@H]1CC(c2cc(Br)ccc2Cl)Oc2ccc(Br)cc21. The molecule has 0 spiro atoms. The lowest BCUT2D eigenvalue weighted by atomic mass is 9.93. The molecule has 3 rings (SSSR count). The summed E-state index contributed by atoms with van der Waals surface area (Å²) in [6.45, 7) is 0. The molecule has 0 aliphatic carbocycles. The lowest BCUT2D eigenvalue weighted by molar-refractivity contribution is 0.161. The van der Waals surface area contributed by atoms with Crippen molar-refractivity contribution in [2.24, 2.45) is 5.73 Å². The molecular formula is C15H12Br2ClNO. The van der Waals surface area contributed by atoms with E-state index in [4.69, 9.17) is 22.1 Å². The van der Waals surface area contributed by atoms with E-state index in [1.807, 2.05) is 36.4 Å². The van der Waals surface area contributed by atoms with Gasteiger partial charge in [0.15, 0.2) is 0 Å². The van der Waals surface area contributed by atoms with Crippen molar-refractivity contribution in [1.29, 1.82) is 0 Å². The third-order valence-corrected chi connectivity index (χ3v) is 4.74. The van der Waals surface area contributed by atoms with Crippen LogP contribution < -0.4 is 10.5 Å². The molecule has 0 saturated heterocycles. The number of hydrogen-bond acceptors (Lipinski definition) is 2. The van der Waals surface area contributed by atoms with Gasteiger partial charge in [-0.05, 0) is 36.4 Å². The molecule has 5 heteroatoms. The standard InChI is InChI=1S/C15H12Br2ClNO/c16-8-1-3-12(18)10(5-8)15-7-13(19)11-6-9(17)2-4-14(11)20-15/h1-6,13,15H,7,19H2/t13-,15?/m1/s1. The molecule has 2 aromatic carbocycles. The van der Waals surface area contributed by atoms with Crippen LogP contribution >= 0.6 is 43.5 Å². The van der Waals surface area contributed by atoms with Crippen LogP contribution in [0.2, 0.25) is 5.02 Å². The van der Waals surface area contributed by atoms with Crippen LogP contribution in [0.1, 0.15) is 29.7 Å². The number of rotatable bonds is 1. The van der Waals surface area contributed by atoms with Gasteiger partial charge in [-0.15, -0.1) is 0 Å². The van der Waals surface area contributed by atoms with E-state index in [1.165, 1.54) is 0 Å². The van der Waals surface area contributed by atoms with Crippen molar-refractivity contribution < 1.29 is 4.74 Å². The zero-order valence-electron chi connectivity index (χ0n) is 10.4. The molecular weight excluding hydrogens is 405 g/mol. The molecule has 0 saturated carbocycles. The Balaban J connectivity index is 1.99. The summed E-state index contributed by atoms with van der Waals surface area (Å²) in [7, 11) is 0. The number of nitrogens with two attached hydrogens (primary N) is 1. The monoisotopic (exact) mass is 415 g/mol. The van der Waals surface area contributed by atoms with Gasteiger partial charge in [0, 0.05) is 37.6 Å². The van der Waals surface area contributed by atoms with Crippen LogP contribution in [0.5, 0.6) is 5.75 Å². The van der Waals surface area contributed by atoms with Crippen molar-refractivity contribution in [3.05, 3.63) is 61.5 Å². The highest BCUT2D eigenvalue weighted by Gasteiger charge is 2.28. The second-order valence-corrected chi connectivity index (χ2v) is 7.04. The van der Waals surface area contributed by atoms with Crippen molar-refractivity contribution in [1.82, 2.24) is 0 Å². The largest absolute Gasteiger partial charge is 0.485 e. The highest BCUT2D eigenvalue weighted by Crippen LogP contribution is 2.42. The molecule has 0 amide bonds. The third kappa shape index (κ3) is 2.75. The molecule has 20 heavy (non-hydrogen) atoms. The summed E-state index contributed by atoms with van der Waals surface area (Å²) >= 11 is 13.2. The first kappa shape index (κ1) is 14.4. The Morgan fingerprint density at radius 3 is 2.45 bits per heavy atom. The topological polar surface area (TPSA) is 35.2 Å². The van der Waals surface area contributed by atoms with Gasteiger partial charge in [0.2, 0.25) is 0 Å². The van der Waals surface area contributed by atoms with Gasteiger partial charge in [-0.3, -0.25) is 0 Å². The minimum absolute atomic E-state index is 0.0590. The second kappa shape index (κ2) is 5.68. The molecule has 0 fully saturated rings. The van der Waals surface area contributed by atoms with Gasteiger partial charge in [0.25, 0.3) is 0 Å². The molecule has 0 bridgehead atoms. The average Bonchev–Trinajstić information content (AvgIpc) is 2.42. The van der Waals surface area contributed by atoms with Gasteiger partial charge < -0.3 is 10.5 Å². The predicted octanol–water partition coefficient (Wildman–Crippen LogP) is 5.39. The van der Waals surface area contributed by atoms with E-state index >= 15 is 0 Å². The van der Waals surface area contributed by atoms with E-state index in [0.29, 0.717) is 11.4 Å². The first-order valence-corrected chi connectivity index (χ1v) is 8.17. The van der Waals surface area contributed by atoms with Crippen LogP contribution in [0.4, 0.5) is 0 Å². The number of hydrogen-bond donors (Lipinski definition) is 1. The fourth-order valence-corrected chi connectivity index (χ4v) is 3.42. The smallest absolute Gasteiger partial charge is 0.127 e. The highest BCUT2D eigenvalue weighted by molar-refractivity contribution is 9.10. The van der Waals surface area contributed by atoms with E-state index in [9.17, 15) is 0 Å². The van der Waals surface area contributed by atoms with Crippen molar-refractivity contribution in [3.63, 3.8) is 0 Å². The zero-order chi connectivity index (χ0) is 14.3. The molecule has 0 aromatic heterocycles. The molecule has 2 nitrogen and oxygen atoms in total. The van der Waals surface area contributed by atoms with E-state index in [2.05, 4.69) is 31.9 Å². The van der Waals surface area contributed by atoms with E-state index < -0.39 is 0 Å². The van der Waals surface area contributed by atoms with Crippen LogP contribution in [0.3, 0.4) is 0 Å². The summed E-state index contributed by atoms with van der Waals surface area (Å²) in [5.41, 5.74) is 8.27. The van der Waals surface area contributed by atoms with Gasteiger partial charge in [0.1, 0.15) is 11.9 Å². The summed E-state index contributed by atoms with van der Waals surface area (Å²) < 4.78 is 8.06. The van der Waals surface area contributed by atoms with Gasteiger partial charge in [-0.2, -0.15) is 0 Å². The number of ether oxygens (including phenoxy) is 1. The van der Waals surface area contributed by atoms with Gasteiger partial charge in [-0.25, -0.2) is 0 Å². The van der Waals surface area contributed by atoms with Crippen LogP contribution in [-0.2, 0) is 0 Å². The molecule has 0 radical (unpaired) electrons. The Kier molecular flexibility index (Phi) is 4.09. The van der Waals surface area contributed by atoms with E-state index in [1.54, 1.807) is 0 Å². The number of fused-ring (bicyclic) bond motifs is 1. The highest BCUT2D eigenvalue weighted by atomic mass is 79.9. The van der Waals surface area contributed by atoms with Crippen molar-refractivity contribution >= 4 is 43.5 Å². The van der Waals surface area contributed by atoms with Crippen LogP contribution in [-0.4, -0.2) is 0 Å². The number of benzene rings is 2. The van der Waals surface area contributed by atoms with Crippen molar-refractivity contribution in [3.8, 4) is 5.75 Å². The molecule has 1 heterocycles. The number of halogens is 3. The van der Waals surface area contributed by atoms with Crippen LogP contribution in [0.15, 0.2) is 45.3 Å². The summed E-state index contributed by atoms with van der Waals surface area (Å²) in [4.78, 5) is 0. The molecule has 104 valence electrons. The molecule has 2 atom stereocenters. The maximum absolute atomic E-state index is 6.28. The van der Waals surface area contributed by atoms with Crippen LogP contribution in [0.25, 0.3) is 0 Å². The molecule has 1 aliphatic heterocycles. The fourth-order valence-electron chi connectivity index (χ4n) is 2.43. The summed E-state index contributed by atoms with van der Waals surface area (Å²) in [5.74, 6) is 0.827. The maximum atomic E-state index is 6.28. The average molecular weight is 418 g/mol. The summed E-state index contributed by atoms with van der Waals surface area (Å²) in [6.07, 6.45) is 0.586. The zero-order valence-corrected chi connectivity index (χ0v) is 14.4. The Labute approximate surface area is 139 Å². The van der Waals surface area contributed by atoms with Crippen molar-refractivity contribution in [2.75, 3.05) is 0 Å². The third-order valence-electron chi connectivity index (χ3n) is 3.41. The lowest BCUT2D eigenvalue weighted by Crippen LogP contribution is -2.24. The lowest BCUT2D eigenvalue weighted by Gasteiger charge is -2.31. The fraction of sp³-hybridized carbons (Fsp3) is 0.200.